The van der Waals surface area contributed by atoms with E-state index in [0.29, 0.717) is 6.42 Å². The largest absolute Gasteiger partial charge is 0.356 e. The first-order valence-electron chi connectivity index (χ1n) is 5.92. The number of nitrogens with two attached hydrogens (primary N) is 1. The monoisotopic (exact) mass is 214 g/mol. The molecule has 90 valence electrons. The maximum absolute atomic E-state index is 11.4. The van der Waals surface area contributed by atoms with E-state index in [1.807, 2.05) is 0 Å². The van der Waals surface area contributed by atoms with Crippen LogP contribution in [-0.2, 0) is 4.79 Å². The Hall–Kier alpha value is -0.570. The van der Waals surface area contributed by atoms with Crippen molar-refractivity contribution in [3.8, 4) is 0 Å². The second-order valence-electron chi connectivity index (χ2n) is 5.29. The molecule has 0 aliphatic rings. The molecule has 0 spiro atoms. The molecule has 0 radical (unpaired) electrons. The minimum absolute atomic E-state index is 0.176. The van der Waals surface area contributed by atoms with Crippen LogP contribution in [0.2, 0.25) is 0 Å². The van der Waals surface area contributed by atoms with Crippen LogP contribution in [0.25, 0.3) is 0 Å². The predicted molar refractivity (Wildman–Crippen MR) is 64.6 cm³/mol. The van der Waals surface area contributed by atoms with Crippen LogP contribution in [0.5, 0.6) is 0 Å². The summed E-state index contributed by atoms with van der Waals surface area (Å²) < 4.78 is 0. The van der Waals surface area contributed by atoms with Gasteiger partial charge >= 0.3 is 0 Å². The lowest BCUT2D eigenvalue weighted by atomic mass is 9.97. The van der Waals surface area contributed by atoms with E-state index in [9.17, 15) is 4.79 Å². The maximum atomic E-state index is 11.4. The Morgan fingerprint density at radius 2 is 1.73 bits per heavy atom. The number of rotatable bonds is 7. The third kappa shape index (κ3) is 11.4. The molecule has 0 aromatic carbocycles. The van der Waals surface area contributed by atoms with Crippen molar-refractivity contribution in [3.63, 3.8) is 0 Å². The van der Waals surface area contributed by atoms with Crippen molar-refractivity contribution in [3.05, 3.63) is 0 Å². The minimum atomic E-state index is 0.176. The summed E-state index contributed by atoms with van der Waals surface area (Å²) >= 11 is 0. The average Bonchev–Trinajstić information content (AvgIpc) is 2.13. The van der Waals surface area contributed by atoms with Gasteiger partial charge in [0.15, 0.2) is 0 Å². The molecule has 0 aliphatic carbocycles. The van der Waals surface area contributed by atoms with Crippen molar-refractivity contribution in [2.24, 2.45) is 11.1 Å². The summed E-state index contributed by atoms with van der Waals surface area (Å²) in [5, 5.41) is 2.95. The lowest BCUT2D eigenvalue weighted by Gasteiger charge is -2.18. The van der Waals surface area contributed by atoms with Crippen molar-refractivity contribution in [1.29, 1.82) is 0 Å². The molecule has 0 aliphatic heterocycles. The van der Waals surface area contributed by atoms with Crippen LogP contribution in [0.4, 0.5) is 0 Å². The van der Waals surface area contributed by atoms with E-state index in [1.54, 1.807) is 0 Å². The fourth-order valence-electron chi connectivity index (χ4n) is 1.24. The molecule has 0 aromatic rings. The normalized spacial score (nSPS) is 11.5. The molecule has 0 atom stereocenters. The molecule has 3 nitrogen and oxygen atoms in total. The van der Waals surface area contributed by atoms with E-state index in [4.69, 9.17) is 5.73 Å². The summed E-state index contributed by atoms with van der Waals surface area (Å²) in [7, 11) is 0. The molecule has 0 saturated carbocycles. The summed E-state index contributed by atoms with van der Waals surface area (Å²) in [4.78, 5) is 11.4. The fourth-order valence-corrected chi connectivity index (χ4v) is 1.24. The fraction of sp³-hybridized carbons (Fsp3) is 0.917. The van der Waals surface area contributed by atoms with Gasteiger partial charge < -0.3 is 11.1 Å². The minimum Gasteiger partial charge on any atom is -0.356 e. The topological polar surface area (TPSA) is 55.1 Å². The van der Waals surface area contributed by atoms with Gasteiger partial charge in [0.05, 0.1) is 0 Å². The zero-order valence-corrected chi connectivity index (χ0v) is 10.4. The number of nitrogens with one attached hydrogen (secondary N) is 1. The molecular weight excluding hydrogens is 188 g/mol. The number of unbranched alkanes of at least 4 members (excludes halogenated alkanes) is 3. The lowest BCUT2D eigenvalue weighted by Crippen LogP contribution is -2.31. The van der Waals surface area contributed by atoms with E-state index in [0.717, 1.165) is 38.8 Å². The Kier molecular flexibility index (Phi) is 7.39. The van der Waals surface area contributed by atoms with Gasteiger partial charge in [-0.2, -0.15) is 0 Å². The van der Waals surface area contributed by atoms with Gasteiger partial charge in [0.1, 0.15) is 0 Å². The molecule has 0 fully saturated rings. The van der Waals surface area contributed by atoms with E-state index < -0.39 is 0 Å². The van der Waals surface area contributed by atoms with Crippen molar-refractivity contribution < 1.29 is 4.79 Å². The Labute approximate surface area is 93.8 Å². The number of carbonyl (C=O) groups is 1. The van der Waals surface area contributed by atoms with Crippen LogP contribution in [0.3, 0.4) is 0 Å². The van der Waals surface area contributed by atoms with Gasteiger partial charge in [-0.3, -0.25) is 4.79 Å². The standard InChI is InChI=1S/C12H26N2O/c1-12(2,3)10-14-11(15)8-6-4-5-7-9-13/h4-10,13H2,1-3H3,(H,14,15). The van der Waals surface area contributed by atoms with Gasteiger partial charge in [-0.05, 0) is 24.8 Å². The highest BCUT2D eigenvalue weighted by Gasteiger charge is 2.11. The lowest BCUT2D eigenvalue weighted by molar-refractivity contribution is -0.121. The molecule has 1 amide bonds. The van der Waals surface area contributed by atoms with Crippen molar-refractivity contribution in [1.82, 2.24) is 5.32 Å². The maximum Gasteiger partial charge on any atom is 0.220 e. The van der Waals surface area contributed by atoms with Crippen LogP contribution < -0.4 is 11.1 Å². The third-order valence-electron chi connectivity index (χ3n) is 2.17. The van der Waals surface area contributed by atoms with Crippen molar-refractivity contribution >= 4 is 5.91 Å². The second-order valence-corrected chi connectivity index (χ2v) is 5.29. The molecule has 0 heterocycles. The highest BCUT2D eigenvalue weighted by atomic mass is 16.1. The zero-order chi connectivity index (χ0) is 11.7. The highest BCUT2D eigenvalue weighted by molar-refractivity contribution is 5.75. The summed E-state index contributed by atoms with van der Waals surface area (Å²) in [6.45, 7) is 7.88. The van der Waals surface area contributed by atoms with Gasteiger partial charge in [0.25, 0.3) is 0 Å². The summed E-state index contributed by atoms with van der Waals surface area (Å²) in [6, 6.07) is 0. The zero-order valence-electron chi connectivity index (χ0n) is 10.4. The van der Waals surface area contributed by atoms with E-state index >= 15 is 0 Å². The summed E-state index contributed by atoms with van der Waals surface area (Å²) in [5.41, 5.74) is 5.56. The van der Waals surface area contributed by atoms with Crippen molar-refractivity contribution in [2.75, 3.05) is 13.1 Å². The highest BCUT2D eigenvalue weighted by Crippen LogP contribution is 2.10. The van der Waals surface area contributed by atoms with Crippen LogP contribution in [0.1, 0.15) is 52.9 Å². The molecule has 3 heteroatoms. The SMILES string of the molecule is CC(C)(C)CNC(=O)CCCCCCN. The predicted octanol–water partition coefficient (Wildman–Crippen LogP) is 2.06. The molecule has 0 bridgehead atoms. The van der Waals surface area contributed by atoms with Gasteiger partial charge in [-0.25, -0.2) is 0 Å². The summed E-state index contributed by atoms with van der Waals surface area (Å²) in [5.74, 6) is 0.178. The Morgan fingerprint density at radius 3 is 2.27 bits per heavy atom. The molecule has 0 aromatic heterocycles. The molecule has 0 saturated heterocycles. The third-order valence-corrected chi connectivity index (χ3v) is 2.17. The first kappa shape index (κ1) is 14.4. The molecule has 15 heavy (non-hydrogen) atoms. The Balaban J connectivity index is 3.34. The Bertz CT molecular complexity index is 173. The number of hydrogen-bond acceptors (Lipinski definition) is 2. The van der Waals surface area contributed by atoms with Crippen LogP contribution in [-0.4, -0.2) is 19.0 Å². The van der Waals surface area contributed by atoms with Crippen molar-refractivity contribution in [2.45, 2.75) is 52.9 Å². The van der Waals surface area contributed by atoms with Gasteiger partial charge in [0.2, 0.25) is 5.91 Å². The first-order chi connectivity index (χ1) is 6.95. The van der Waals surface area contributed by atoms with Gasteiger partial charge in [-0.1, -0.05) is 33.6 Å². The van der Waals surface area contributed by atoms with Crippen LogP contribution in [0.15, 0.2) is 0 Å². The molecule has 0 unspecified atom stereocenters. The summed E-state index contributed by atoms with van der Waals surface area (Å²) in [6.07, 6.45) is 4.96. The van der Waals surface area contributed by atoms with Gasteiger partial charge in [0, 0.05) is 13.0 Å². The Morgan fingerprint density at radius 1 is 1.13 bits per heavy atom. The quantitative estimate of drug-likeness (QED) is 0.637. The molecule has 3 N–H and O–H groups in total. The van der Waals surface area contributed by atoms with Crippen LogP contribution >= 0.6 is 0 Å². The molecule has 0 rings (SSSR count). The average molecular weight is 214 g/mol. The smallest absolute Gasteiger partial charge is 0.220 e. The van der Waals surface area contributed by atoms with Gasteiger partial charge in [-0.15, -0.1) is 0 Å². The van der Waals surface area contributed by atoms with E-state index in [-0.39, 0.29) is 11.3 Å². The van der Waals surface area contributed by atoms with E-state index in [2.05, 4.69) is 26.1 Å². The first-order valence-corrected chi connectivity index (χ1v) is 5.92. The number of hydrogen-bond donors (Lipinski definition) is 2. The van der Waals surface area contributed by atoms with E-state index in [1.165, 1.54) is 0 Å². The van der Waals surface area contributed by atoms with Crippen LogP contribution in [0, 0.1) is 5.41 Å². The second kappa shape index (κ2) is 7.69. The number of amides is 1. The number of carbonyl (C=O) groups excluding carboxylic acids is 1. The molecular formula is C12H26N2O.